The van der Waals surface area contributed by atoms with E-state index in [-0.39, 0.29) is 23.6 Å². The maximum Gasteiger partial charge on any atom is 0.264 e. The number of piperidine rings is 1. The van der Waals surface area contributed by atoms with Crippen molar-refractivity contribution in [2.75, 3.05) is 26.3 Å². The quantitative estimate of drug-likeness (QED) is 0.394. The van der Waals surface area contributed by atoms with E-state index >= 15 is 0 Å². The number of amides is 1. The molecule has 4 aromatic rings. The number of hydrogen-bond donors (Lipinski definition) is 2. The first kappa shape index (κ1) is 25.6. The van der Waals surface area contributed by atoms with Crippen molar-refractivity contribution in [2.45, 2.75) is 37.5 Å². The molecule has 0 spiro atoms. The number of fused-ring (bicyclic) bond motifs is 1. The Bertz CT molecular complexity index is 1590. The van der Waals surface area contributed by atoms with Crippen molar-refractivity contribution in [1.29, 1.82) is 5.26 Å². The molecule has 1 amide bonds. The molecule has 10 heteroatoms. The van der Waals surface area contributed by atoms with Gasteiger partial charge in [-0.25, -0.2) is 4.39 Å². The van der Waals surface area contributed by atoms with Gasteiger partial charge in [-0.3, -0.25) is 9.48 Å². The molecule has 3 atom stereocenters. The first-order valence-corrected chi connectivity index (χ1v) is 13.9. The predicted molar refractivity (Wildman–Crippen MR) is 147 cm³/mol. The number of halogens is 1. The highest BCUT2D eigenvalue weighted by Crippen LogP contribution is 2.41. The highest BCUT2D eigenvalue weighted by Gasteiger charge is 2.28. The van der Waals surface area contributed by atoms with Gasteiger partial charge in [-0.1, -0.05) is 12.1 Å². The molecule has 0 bridgehead atoms. The van der Waals surface area contributed by atoms with Gasteiger partial charge in [0.05, 0.1) is 28.7 Å². The summed E-state index contributed by atoms with van der Waals surface area (Å²) in [5, 5.41) is 25.2. The molecule has 6 rings (SSSR count). The molecule has 2 saturated heterocycles. The highest BCUT2D eigenvalue weighted by atomic mass is 32.1. The number of carbonyl (C=O) groups is 1. The van der Waals surface area contributed by atoms with Crippen LogP contribution in [-0.2, 0) is 4.74 Å². The number of nitrogens with two attached hydrogens (primary N) is 1. The summed E-state index contributed by atoms with van der Waals surface area (Å²) in [6.07, 6.45) is 3.69. The second-order valence-corrected chi connectivity index (χ2v) is 11.2. The zero-order valence-corrected chi connectivity index (χ0v) is 22.0. The van der Waals surface area contributed by atoms with E-state index in [2.05, 4.69) is 5.10 Å². The summed E-state index contributed by atoms with van der Waals surface area (Å²) in [7, 11) is 0. The van der Waals surface area contributed by atoms with Gasteiger partial charge >= 0.3 is 0 Å². The van der Waals surface area contributed by atoms with Crippen LogP contribution in [-0.4, -0.2) is 64.1 Å². The van der Waals surface area contributed by atoms with Crippen molar-refractivity contribution in [3.63, 3.8) is 0 Å². The summed E-state index contributed by atoms with van der Waals surface area (Å²) in [6.45, 7) is 2.09. The number of aromatic nitrogens is 2. The van der Waals surface area contributed by atoms with E-state index in [1.165, 1.54) is 23.5 Å². The Morgan fingerprint density at radius 1 is 1.21 bits per heavy atom. The molecule has 3 N–H and O–H groups in total. The number of carbonyl (C=O) groups excluding carboxylic acids is 1. The average Bonchev–Trinajstić information content (AvgIpc) is 3.57. The molecule has 2 unspecified atom stereocenters. The normalized spacial score (nSPS) is 21.7. The minimum atomic E-state index is -0.605. The van der Waals surface area contributed by atoms with Gasteiger partial charge in [0, 0.05) is 47.8 Å². The van der Waals surface area contributed by atoms with Crippen LogP contribution >= 0.6 is 11.3 Å². The molecular weight excluding hydrogens is 517 g/mol. The summed E-state index contributed by atoms with van der Waals surface area (Å²) in [5.41, 5.74) is 9.04. The number of nitriles is 1. The summed E-state index contributed by atoms with van der Waals surface area (Å²) < 4.78 is 22.0. The largest absolute Gasteiger partial charge is 0.391 e. The fraction of sp³-hybridized carbons (Fsp3) is 0.345. The second-order valence-electron chi connectivity index (χ2n) is 10.2. The summed E-state index contributed by atoms with van der Waals surface area (Å²) in [6, 6.07) is 13.7. The average molecular weight is 546 g/mol. The molecule has 0 aliphatic carbocycles. The molecule has 2 aliphatic heterocycles. The SMILES string of the molecule is N#Cc1ccc(-c2cc(C(=O)N3CCC[C@@H](N)C3)sc2-c2ccc3nn(C4COCCC4O)cc3c2)cc1F. The van der Waals surface area contributed by atoms with Crippen molar-refractivity contribution in [1.82, 2.24) is 14.7 Å². The van der Waals surface area contributed by atoms with Gasteiger partial charge in [-0.2, -0.15) is 10.4 Å². The first-order chi connectivity index (χ1) is 18.9. The Labute approximate surface area is 229 Å². The predicted octanol–water partition coefficient (Wildman–Crippen LogP) is 4.33. The lowest BCUT2D eigenvalue weighted by atomic mass is 10.00. The van der Waals surface area contributed by atoms with E-state index in [4.69, 9.17) is 10.5 Å². The number of aliphatic hydroxyl groups excluding tert-OH is 1. The van der Waals surface area contributed by atoms with E-state index in [0.29, 0.717) is 43.2 Å². The van der Waals surface area contributed by atoms with Crippen molar-refractivity contribution < 1.29 is 19.0 Å². The number of aliphatic hydroxyl groups is 1. The third kappa shape index (κ3) is 4.94. The Balaban J connectivity index is 1.42. The Kier molecular flexibility index (Phi) is 6.91. The number of nitrogens with zero attached hydrogens (tertiary/aromatic N) is 4. The lowest BCUT2D eigenvalue weighted by Gasteiger charge is -2.30. The maximum absolute atomic E-state index is 14.6. The minimum Gasteiger partial charge on any atom is -0.391 e. The Morgan fingerprint density at radius 2 is 2.05 bits per heavy atom. The van der Waals surface area contributed by atoms with Gasteiger partial charge in [0.1, 0.15) is 17.9 Å². The van der Waals surface area contributed by atoms with E-state index in [9.17, 15) is 19.6 Å². The Morgan fingerprint density at radius 3 is 2.82 bits per heavy atom. The molecule has 200 valence electrons. The Hall–Kier alpha value is -3.62. The summed E-state index contributed by atoms with van der Waals surface area (Å²) in [4.78, 5) is 16.6. The highest BCUT2D eigenvalue weighted by molar-refractivity contribution is 7.18. The number of benzene rings is 2. The van der Waals surface area contributed by atoms with Gasteiger partial charge < -0.3 is 20.5 Å². The number of thiophene rings is 1. The molecular formula is C29H28FN5O3S. The van der Waals surface area contributed by atoms with Crippen LogP contribution in [0.1, 0.15) is 40.5 Å². The van der Waals surface area contributed by atoms with E-state index in [1.807, 2.05) is 36.5 Å². The number of likely N-dealkylation sites (tertiary alicyclic amines) is 1. The van der Waals surface area contributed by atoms with Crippen molar-refractivity contribution in [2.24, 2.45) is 5.73 Å². The fourth-order valence-corrected chi connectivity index (χ4v) is 6.51. The summed E-state index contributed by atoms with van der Waals surface area (Å²) in [5.74, 6) is -0.691. The van der Waals surface area contributed by atoms with E-state index in [0.717, 1.165) is 39.7 Å². The molecule has 2 aromatic carbocycles. The molecule has 0 saturated carbocycles. The number of ether oxygens (including phenoxy) is 1. The molecule has 2 aromatic heterocycles. The van der Waals surface area contributed by atoms with E-state index in [1.54, 1.807) is 15.6 Å². The van der Waals surface area contributed by atoms with Crippen molar-refractivity contribution in [3.8, 4) is 27.6 Å². The van der Waals surface area contributed by atoms with Crippen LogP contribution in [0, 0.1) is 17.1 Å². The van der Waals surface area contributed by atoms with Gasteiger partial charge in [-0.05, 0) is 60.7 Å². The van der Waals surface area contributed by atoms with Crippen LogP contribution in [0.2, 0.25) is 0 Å². The lowest BCUT2D eigenvalue weighted by Crippen LogP contribution is -2.45. The van der Waals surface area contributed by atoms with Crippen LogP contribution in [0.25, 0.3) is 32.5 Å². The molecule has 0 radical (unpaired) electrons. The van der Waals surface area contributed by atoms with Crippen molar-refractivity contribution >= 4 is 28.1 Å². The molecule has 39 heavy (non-hydrogen) atoms. The molecule has 2 aliphatic rings. The number of hydrogen-bond acceptors (Lipinski definition) is 7. The van der Waals surface area contributed by atoms with Gasteiger partial charge in [0.2, 0.25) is 0 Å². The molecule has 8 nitrogen and oxygen atoms in total. The number of rotatable bonds is 4. The third-order valence-electron chi connectivity index (χ3n) is 7.50. The third-order valence-corrected chi connectivity index (χ3v) is 8.68. The lowest BCUT2D eigenvalue weighted by molar-refractivity contribution is -0.0327. The topological polar surface area (TPSA) is 117 Å². The van der Waals surface area contributed by atoms with Gasteiger partial charge in [-0.15, -0.1) is 11.3 Å². The van der Waals surface area contributed by atoms with Crippen LogP contribution in [0.5, 0.6) is 0 Å². The van der Waals surface area contributed by atoms with Crippen LogP contribution in [0.4, 0.5) is 4.39 Å². The second kappa shape index (κ2) is 10.5. The van der Waals surface area contributed by atoms with E-state index < -0.39 is 11.9 Å². The smallest absolute Gasteiger partial charge is 0.264 e. The zero-order valence-electron chi connectivity index (χ0n) is 21.2. The fourth-order valence-electron chi connectivity index (χ4n) is 5.37. The van der Waals surface area contributed by atoms with Crippen LogP contribution < -0.4 is 5.73 Å². The van der Waals surface area contributed by atoms with Gasteiger partial charge in [0.15, 0.2) is 0 Å². The monoisotopic (exact) mass is 545 g/mol. The minimum absolute atomic E-state index is 0.0307. The molecule has 4 heterocycles. The maximum atomic E-state index is 14.6. The van der Waals surface area contributed by atoms with Crippen molar-refractivity contribution in [3.05, 3.63) is 64.9 Å². The summed E-state index contributed by atoms with van der Waals surface area (Å²) >= 11 is 1.36. The van der Waals surface area contributed by atoms with Crippen LogP contribution in [0.3, 0.4) is 0 Å². The van der Waals surface area contributed by atoms with Gasteiger partial charge in [0.25, 0.3) is 5.91 Å². The molecule has 2 fully saturated rings. The zero-order chi connectivity index (χ0) is 27.1. The standard InChI is InChI=1S/C29H28FN5O3S/c30-23-11-17(3-4-19(23)13-31)22-12-27(29(37)34-8-1-2-21(32)15-34)39-28(22)18-5-6-24-20(10-18)14-35(33-24)25-16-38-9-7-26(25)36/h3-6,10-12,14,21,25-26,36H,1-2,7-9,15-16,32H2/t21-,25?,26?/m1/s1. The first-order valence-electron chi connectivity index (χ1n) is 13.0. The van der Waals surface area contributed by atoms with Crippen LogP contribution in [0.15, 0.2) is 48.7 Å².